The molecule has 3 rings (SSSR count). The molecule has 0 aliphatic rings. The van der Waals surface area contributed by atoms with E-state index >= 15 is 0 Å². The molecule has 3 aromatic rings. The second-order valence-electron chi connectivity index (χ2n) is 8.30. The summed E-state index contributed by atoms with van der Waals surface area (Å²) < 4.78 is 131. The van der Waals surface area contributed by atoms with Gasteiger partial charge in [-0.1, -0.05) is 23.2 Å². The van der Waals surface area contributed by atoms with Crippen LogP contribution in [-0.2, 0) is 37.2 Å². The van der Waals surface area contributed by atoms with Gasteiger partial charge in [-0.25, -0.2) is 16.8 Å². The van der Waals surface area contributed by atoms with Crippen molar-refractivity contribution >= 4 is 66.2 Å². The Morgan fingerprint density at radius 1 is 0.805 bits per heavy atom. The summed E-state index contributed by atoms with van der Waals surface area (Å²) in [7, 11) is -8.70. The molecule has 0 saturated heterocycles. The van der Waals surface area contributed by atoms with Crippen LogP contribution in [0.25, 0.3) is 0 Å². The van der Waals surface area contributed by atoms with Gasteiger partial charge in [0, 0.05) is 11.4 Å². The molecule has 0 aliphatic heterocycles. The van der Waals surface area contributed by atoms with E-state index in [0.717, 1.165) is 42.5 Å². The van der Waals surface area contributed by atoms with Gasteiger partial charge >= 0.3 is 12.4 Å². The van der Waals surface area contributed by atoms with Gasteiger partial charge in [0.2, 0.25) is 15.9 Å². The molecule has 0 atom stereocenters. The Morgan fingerprint density at radius 3 is 1.90 bits per heavy atom. The standard InChI is InChI=1S/C23H17Cl2F6N3O5S2/c1-40(36,37)34(20-10-13(22(26,27)28)2-8-19(20)25)12-21(35)32-14-3-6-16(7-4-14)41(38,39)33-15-5-9-18(24)17(11-15)23(29,30)31/h2-11,33H,12H2,1H3,(H,32,35). The van der Waals surface area contributed by atoms with Crippen molar-refractivity contribution in [2.45, 2.75) is 17.2 Å². The predicted octanol–water partition coefficient (Wildman–Crippen LogP) is 6.24. The van der Waals surface area contributed by atoms with Crippen molar-refractivity contribution in [3.05, 3.63) is 81.8 Å². The lowest BCUT2D eigenvalue weighted by Gasteiger charge is -2.24. The quantitative estimate of drug-likeness (QED) is 0.277. The average Bonchev–Trinajstić information content (AvgIpc) is 2.82. The Morgan fingerprint density at radius 2 is 1.37 bits per heavy atom. The third-order valence-corrected chi connectivity index (χ3v) is 8.37. The zero-order valence-corrected chi connectivity index (χ0v) is 23.5. The molecule has 0 fully saturated rings. The predicted molar refractivity (Wildman–Crippen MR) is 141 cm³/mol. The number of carbonyl (C=O) groups is 1. The molecule has 8 nitrogen and oxygen atoms in total. The van der Waals surface area contributed by atoms with Gasteiger partial charge in [0.25, 0.3) is 10.0 Å². The van der Waals surface area contributed by atoms with Crippen LogP contribution in [0.2, 0.25) is 10.0 Å². The topological polar surface area (TPSA) is 113 Å². The number of hydrogen-bond acceptors (Lipinski definition) is 5. The highest BCUT2D eigenvalue weighted by atomic mass is 35.5. The summed E-state index contributed by atoms with van der Waals surface area (Å²) in [5.74, 6) is -1.02. The van der Waals surface area contributed by atoms with Gasteiger partial charge in [0.05, 0.1) is 38.0 Å². The number of alkyl halides is 6. The number of amides is 1. The van der Waals surface area contributed by atoms with Gasteiger partial charge in [0.1, 0.15) is 6.54 Å². The SMILES string of the molecule is CS(=O)(=O)N(CC(=O)Nc1ccc(S(=O)(=O)Nc2ccc(Cl)c(C(F)(F)F)c2)cc1)c1cc(C(F)(F)F)ccc1Cl. The van der Waals surface area contributed by atoms with Crippen molar-refractivity contribution in [3.8, 4) is 0 Å². The Labute approximate surface area is 240 Å². The Hall–Kier alpha value is -3.21. The molecular weight excluding hydrogens is 647 g/mol. The Balaban J connectivity index is 1.78. The monoisotopic (exact) mass is 663 g/mol. The van der Waals surface area contributed by atoms with Crippen molar-refractivity contribution in [2.75, 3.05) is 27.1 Å². The summed E-state index contributed by atoms with van der Waals surface area (Å²) in [5.41, 5.74) is -3.52. The van der Waals surface area contributed by atoms with Crippen molar-refractivity contribution in [1.29, 1.82) is 0 Å². The summed E-state index contributed by atoms with van der Waals surface area (Å²) in [4.78, 5) is 12.2. The van der Waals surface area contributed by atoms with Crippen LogP contribution in [0.4, 0.5) is 43.4 Å². The van der Waals surface area contributed by atoms with Gasteiger partial charge in [0.15, 0.2) is 0 Å². The van der Waals surface area contributed by atoms with Crippen LogP contribution in [0, 0.1) is 0 Å². The van der Waals surface area contributed by atoms with Crippen molar-refractivity contribution in [2.24, 2.45) is 0 Å². The second kappa shape index (κ2) is 11.6. The molecule has 0 aromatic heterocycles. The molecule has 18 heteroatoms. The van der Waals surface area contributed by atoms with E-state index in [9.17, 15) is 48.0 Å². The molecule has 3 aromatic carbocycles. The average molecular weight is 664 g/mol. The van der Waals surface area contributed by atoms with Crippen LogP contribution in [0.5, 0.6) is 0 Å². The highest BCUT2D eigenvalue weighted by molar-refractivity contribution is 7.92. The third-order valence-electron chi connectivity index (χ3n) is 5.20. The van der Waals surface area contributed by atoms with Crippen LogP contribution in [0.1, 0.15) is 11.1 Å². The summed E-state index contributed by atoms with van der Waals surface area (Å²) in [5, 5.41) is 1.26. The summed E-state index contributed by atoms with van der Waals surface area (Å²) in [6, 6.07) is 8.53. The molecule has 0 saturated carbocycles. The number of anilines is 3. The smallest absolute Gasteiger partial charge is 0.325 e. The van der Waals surface area contributed by atoms with Gasteiger partial charge in [-0.05, 0) is 60.7 Å². The molecule has 0 heterocycles. The fourth-order valence-corrected chi connectivity index (χ4v) is 5.73. The Kier molecular flexibility index (Phi) is 9.13. The molecule has 0 unspecified atom stereocenters. The minimum atomic E-state index is -4.84. The first-order chi connectivity index (χ1) is 18.7. The lowest BCUT2D eigenvalue weighted by Crippen LogP contribution is -2.37. The zero-order chi connectivity index (χ0) is 31.0. The summed E-state index contributed by atoms with van der Waals surface area (Å²) >= 11 is 11.4. The molecule has 41 heavy (non-hydrogen) atoms. The molecule has 0 bridgehead atoms. The molecule has 0 aliphatic carbocycles. The van der Waals surface area contributed by atoms with Gasteiger partial charge in [-0.2, -0.15) is 26.3 Å². The van der Waals surface area contributed by atoms with Crippen LogP contribution < -0.4 is 14.3 Å². The van der Waals surface area contributed by atoms with E-state index in [1.807, 2.05) is 4.72 Å². The number of carbonyl (C=O) groups excluding carboxylic acids is 1. The van der Waals surface area contributed by atoms with E-state index < -0.39 is 77.3 Å². The first-order valence-electron chi connectivity index (χ1n) is 10.8. The van der Waals surface area contributed by atoms with E-state index in [1.54, 1.807) is 0 Å². The second-order valence-corrected chi connectivity index (χ2v) is 12.7. The van der Waals surface area contributed by atoms with Gasteiger partial charge < -0.3 is 5.32 Å². The maximum atomic E-state index is 13.1. The minimum absolute atomic E-state index is 0.0385. The van der Waals surface area contributed by atoms with Crippen LogP contribution >= 0.6 is 23.2 Å². The number of hydrogen-bond donors (Lipinski definition) is 2. The molecule has 0 spiro atoms. The maximum absolute atomic E-state index is 13.1. The Bertz CT molecular complexity index is 1680. The largest absolute Gasteiger partial charge is 0.417 e. The molecular formula is C23H17Cl2F6N3O5S2. The normalized spacial score (nSPS) is 12.6. The lowest BCUT2D eigenvalue weighted by atomic mass is 10.2. The highest BCUT2D eigenvalue weighted by Gasteiger charge is 2.34. The van der Waals surface area contributed by atoms with Crippen molar-refractivity contribution in [1.82, 2.24) is 0 Å². The number of benzene rings is 3. The van der Waals surface area contributed by atoms with Gasteiger partial charge in [-0.3, -0.25) is 13.8 Å². The van der Waals surface area contributed by atoms with E-state index in [2.05, 4.69) is 5.32 Å². The fourth-order valence-electron chi connectivity index (χ4n) is 3.33. The lowest BCUT2D eigenvalue weighted by molar-refractivity contribution is -0.138. The van der Waals surface area contributed by atoms with E-state index in [-0.39, 0.29) is 10.7 Å². The number of sulfonamides is 2. The molecule has 2 N–H and O–H groups in total. The van der Waals surface area contributed by atoms with Crippen LogP contribution in [0.15, 0.2) is 65.6 Å². The first-order valence-corrected chi connectivity index (χ1v) is 14.9. The van der Waals surface area contributed by atoms with E-state index in [0.29, 0.717) is 28.8 Å². The minimum Gasteiger partial charge on any atom is -0.325 e. The number of nitrogens with zero attached hydrogens (tertiary/aromatic N) is 1. The van der Waals surface area contributed by atoms with Crippen molar-refractivity contribution in [3.63, 3.8) is 0 Å². The number of nitrogens with one attached hydrogen (secondary N) is 2. The molecule has 222 valence electrons. The first kappa shape index (κ1) is 32.3. The summed E-state index contributed by atoms with van der Waals surface area (Å²) in [6.07, 6.45) is -9.00. The maximum Gasteiger partial charge on any atom is 0.417 e. The molecule has 1 amide bonds. The number of halogens is 8. The van der Waals surface area contributed by atoms with Crippen LogP contribution in [-0.4, -0.2) is 35.5 Å². The zero-order valence-electron chi connectivity index (χ0n) is 20.3. The highest BCUT2D eigenvalue weighted by Crippen LogP contribution is 2.37. The van der Waals surface area contributed by atoms with E-state index in [4.69, 9.17) is 23.2 Å². The molecule has 0 radical (unpaired) electrons. The summed E-state index contributed by atoms with van der Waals surface area (Å²) in [6.45, 7) is -0.987. The number of rotatable bonds is 8. The van der Waals surface area contributed by atoms with Gasteiger partial charge in [-0.15, -0.1) is 0 Å². The van der Waals surface area contributed by atoms with Crippen LogP contribution in [0.3, 0.4) is 0 Å². The van der Waals surface area contributed by atoms with Crippen molar-refractivity contribution < 1.29 is 48.0 Å². The van der Waals surface area contributed by atoms with E-state index in [1.165, 1.54) is 0 Å². The third kappa shape index (κ3) is 8.18. The fraction of sp³-hybridized carbons (Fsp3) is 0.174.